The average molecular weight is 228 g/mol. The summed E-state index contributed by atoms with van der Waals surface area (Å²) in [5.41, 5.74) is 0.597. The van der Waals surface area contributed by atoms with Crippen LogP contribution in [0.25, 0.3) is 0 Å². The van der Waals surface area contributed by atoms with Gasteiger partial charge in [-0.15, -0.1) is 0 Å². The third-order valence-corrected chi connectivity index (χ3v) is 2.96. The summed E-state index contributed by atoms with van der Waals surface area (Å²) in [6.07, 6.45) is 2.47. The minimum atomic E-state index is -3.63. The molecule has 2 aromatic heterocycles. The fourth-order valence-electron chi connectivity index (χ4n) is 0.989. The van der Waals surface area contributed by atoms with Gasteiger partial charge in [-0.25, -0.2) is 13.1 Å². The second-order valence-electron chi connectivity index (χ2n) is 2.87. The van der Waals surface area contributed by atoms with Gasteiger partial charge < -0.3 is 4.52 Å². The summed E-state index contributed by atoms with van der Waals surface area (Å²) < 4.78 is 30.2. The highest BCUT2D eigenvalue weighted by Crippen LogP contribution is 2.14. The minimum Gasteiger partial charge on any atom is -0.338 e. The number of hydrogen-bond donors (Lipinski definition) is 2. The number of nitrogens with zero attached hydrogens (tertiary/aromatic N) is 2. The summed E-state index contributed by atoms with van der Waals surface area (Å²) in [5.74, 6) is 0.0775. The summed E-state index contributed by atoms with van der Waals surface area (Å²) in [6.45, 7) is 1.69. The van der Waals surface area contributed by atoms with Crippen LogP contribution in [0.15, 0.2) is 27.9 Å². The van der Waals surface area contributed by atoms with Gasteiger partial charge in [0.15, 0.2) is 0 Å². The Morgan fingerprint density at radius 2 is 2.33 bits per heavy atom. The third-order valence-electron chi connectivity index (χ3n) is 1.65. The zero-order chi connectivity index (χ0) is 10.9. The molecule has 0 atom stereocenters. The van der Waals surface area contributed by atoms with Gasteiger partial charge in [0.05, 0.1) is 11.9 Å². The Morgan fingerprint density at radius 3 is 2.87 bits per heavy atom. The molecule has 0 aliphatic heterocycles. The Bertz CT molecular complexity index is 543. The molecule has 80 valence electrons. The second-order valence-corrected chi connectivity index (χ2v) is 4.55. The van der Waals surface area contributed by atoms with E-state index in [1.165, 1.54) is 18.5 Å². The molecule has 0 saturated carbocycles. The Kier molecular flexibility index (Phi) is 2.19. The molecular formula is C7H8N4O3S. The molecule has 0 saturated heterocycles. The fourth-order valence-corrected chi connectivity index (χ4v) is 1.87. The van der Waals surface area contributed by atoms with Gasteiger partial charge in [-0.2, -0.15) is 5.10 Å². The minimum absolute atomic E-state index is 0.0385. The number of H-pyrrole nitrogens is 1. The van der Waals surface area contributed by atoms with Gasteiger partial charge in [-0.1, -0.05) is 5.16 Å². The highest BCUT2D eigenvalue weighted by Gasteiger charge is 2.17. The fraction of sp³-hybridized carbons (Fsp3) is 0.143. The van der Waals surface area contributed by atoms with Gasteiger partial charge in [0.2, 0.25) is 5.88 Å². The van der Waals surface area contributed by atoms with Crippen LogP contribution in [-0.2, 0) is 10.0 Å². The molecule has 0 aliphatic rings. The van der Waals surface area contributed by atoms with Gasteiger partial charge in [0.25, 0.3) is 10.0 Å². The average Bonchev–Trinajstić information content (AvgIpc) is 2.75. The number of aromatic nitrogens is 3. The van der Waals surface area contributed by atoms with Gasteiger partial charge in [0, 0.05) is 12.3 Å². The van der Waals surface area contributed by atoms with Crippen LogP contribution in [0.2, 0.25) is 0 Å². The Morgan fingerprint density at radius 1 is 1.53 bits per heavy atom. The van der Waals surface area contributed by atoms with Crippen molar-refractivity contribution < 1.29 is 12.9 Å². The standard InChI is InChI=1S/C7H8N4O3S/c1-5-2-7(14-10-5)11-15(12,13)6-3-8-9-4-6/h2-4,11H,1H3,(H,8,9). The largest absolute Gasteiger partial charge is 0.338 e. The predicted molar refractivity (Wildman–Crippen MR) is 50.6 cm³/mol. The van der Waals surface area contributed by atoms with E-state index in [-0.39, 0.29) is 10.8 Å². The lowest BCUT2D eigenvalue weighted by Crippen LogP contribution is -2.11. The van der Waals surface area contributed by atoms with Crippen molar-refractivity contribution in [1.29, 1.82) is 0 Å². The highest BCUT2D eigenvalue weighted by atomic mass is 32.2. The number of sulfonamides is 1. The van der Waals surface area contributed by atoms with Gasteiger partial charge in [0.1, 0.15) is 4.90 Å². The summed E-state index contributed by atoms with van der Waals surface area (Å²) in [7, 11) is -3.63. The Labute approximate surface area is 85.5 Å². The number of aromatic amines is 1. The first kappa shape index (κ1) is 9.71. The van der Waals surface area contributed by atoms with Crippen LogP contribution < -0.4 is 4.72 Å². The molecule has 7 nitrogen and oxygen atoms in total. The van der Waals surface area contributed by atoms with E-state index in [1.54, 1.807) is 6.92 Å². The van der Waals surface area contributed by atoms with E-state index in [1.807, 2.05) is 0 Å². The van der Waals surface area contributed by atoms with Crippen molar-refractivity contribution in [2.75, 3.05) is 4.72 Å². The first-order chi connectivity index (χ1) is 7.08. The molecule has 0 spiro atoms. The van der Waals surface area contributed by atoms with E-state index >= 15 is 0 Å². The molecule has 15 heavy (non-hydrogen) atoms. The van der Waals surface area contributed by atoms with E-state index < -0.39 is 10.0 Å². The van der Waals surface area contributed by atoms with Gasteiger partial charge in [-0.05, 0) is 6.92 Å². The quantitative estimate of drug-likeness (QED) is 0.796. The van der Waals surface area contributed by atoms with Crippen LogP contribution in [0.5, 0.6) is 0 Å². The second kappa shape index (κ2) is 3.39. The van der Waals surface area contributed by atoms with Crippen LogP contribution in [0.1, 0.15) is 5.69 Å². The molecule has 2 heterocycles. The van der Waals surface area contributed by atoms with Crippen LogP contribution in [-0.4, -0.2) is 23.8 Å². The SMILES string of the molecule is Cc1cc(NS(=O)(=O)c2cn[nH]c2)on1. The van der Waals surface area contributed by atoms with E-state index in [0.717, 1.165) is 0 Å². The van der Waals surface area contributed by atoms with E-state index in [4.69, 9.17) is 4.52 Å². The molecule has 0 fully saturated rings. The Balaban J connectivity index is 2.26. The molecule has 0 bridgehead atoms. The summed E-state index contributed by atoms with van der Waals surface area (Å²) in [5, 5.41) is 9.51. The first-order valence-corrected chi connectivity index (χ1v) is 5.51. The van der Waals surface area contributed by atoms with Crippen molar-refractivity contribution in [2.45, 2.75) is 11.8 Å². The van der Waals surface area contributed by atoms with Crippen molar-refractivity contribution in [1.82, 2.24) is 15.4 Å². The van der Waals surface area contributed by atoms with Crippen molar-refractivity contribution in [3.8, 4) is 0 Å². The lowest BCUT2D eigenvalue weighted by molar-refractivity contribution is 0.430. The zero-order valence-electron chi connectivity index (χ0n) is 7.76. The normalized spacial score (nSPS) is 11.5. The molecular weight excluding hydrogens is 220 g/mol. The number of nitrogens with one attached hydrogen (secondary N) is 2. The molecule has 0 aromatic carbocycles. The first-order valence-electron chi connectivity index (χ1n) is 4.03. The monoisotopic (exact) mass is 228 g/mol. The summed E-state index contributed by atoms with van der Waals surface area (Å²) >= 11 is 0. The lowest BCUT2D eigenvalue weighted by Gasteiger charge is -1.99. The number of rotatable bonds is 3. The van der Waals surface area contributed by atoms with Crippen LogP contribution in [0.4, 0.5) is 5.88 Å². The Hall–Kier alpha value is -1.83. The molecule has 2 N–H and O–H groups in total. The van der Waals surface area contributed by atoms with Crippen LogP contribution in [0, 0.1) is 6.92 Å². The maximum atomic E-state index is 11.6. The number of anilines is 1. The van der Waals surface area contributed by atoms with Crippen molar-refractivity contribution in [2.24, 2.45) is 0 Å². The molecule has 0 unspecified atom stereocenters. The maximum Gasteiger partial charge on any atom is 0.267 e. The van der Waals surface area contributed by atoms with E-state index in [2.05, 4.69) is 20.1 Å². The van der Waals surface area contributed by atoms with E-state index in [9.17, 15) is 8.42 Å². The third kappa shape index (κ3) is 1.99. The van der Waals surface area contributed by atoms with Crippen molar-refractivity contribution >= 4 is 15.9 Å². The molecule has 2 aromatic rings. The lowest BCUT2D eigenvalue weighted by atomic mass is 10.5. The smallest absolute Gasteiger partial charge is 0.267 e. The molecule has 0 aliphatic carbocycles. The topological polar surface area (TPSA) is 101 Å². The van der Waals surface area contributed by atoms with Crippen LogP contribution >= 0.6 is 0 Å². The van der Waals surface area contributed by atoms with Crippen LogP contribution in [0.3, 0.4) is 0 Å². The van der Waals surface area contributed by atoms with Gasteiger partial charge >= 0.3 is 0 Å². The number of aryl methyl sites for hydroxylation is 1. The van der Waals surface area contributed by atoms with Gasteiger partial charge in [-0.3, -0.25) is 5.10 Å². The predicted octanol–water partition coefficient (Wildman–Crippen LogP) is 0.507. The summed E-state index contributed by atoms with van der Waals surface area (Å²) in [4.78, 5) is 0.0385. The number of hydrogen-bond acceptors (Lipinski definition) is 5. The summed E-state index contributed by atoms with van der Waals surface area (Å²) in [6, 6.07) is 1.48. The van der Waals surface area contributed by atoms with Crippen molar-refractivity contribution in [3.05, 3.63) is 24.2 Å². The molecule has 2 rings (SSSR count). The maximum absolute atomic E-state index is 11.6. The molecule has 0 amide bonds. The zero-order valence-corrected chi connectivity index (χ0v) is 8.58. The molecule has 0 radical (unpaired) electrons. The highest BCUT2D eigenvalue weighted by molar-refractivity contribution is 7.92. The molecule has 8 heteroatoms. The van der Waals surface area contributed by atoms with Crippen molar-refractivity contribution in [3.63, 3.8) is 0 Å². The van der Waals surface area contributed by atoms with E-state index in [0.29, 0.717) is 5.69 Å².